The number of amides is 1. The van der Waals surface area contributed by atoms with Crippen molar-refractivity contribution in [2.75, 3.05) is 44.3 Å². The lowest BCUT2D eigenvalue weighted by molar-refractivity contribution is 0.0740. The molecule has 132 valence electrons. The summed E-state index contributed by atoms with van der Waals surface area (Å²) in [5.41, 5.74) is 0. The molecule has 0 bridgehead atoms. The van der Waals surface area contributed by atoms with Crippen LogP contribution in [0.2, 0.25) is 0 Å². The van der Waals surface area contributed by atoms with E-state index in [0.717, 1.165) is 25.3 Å². The topological polar surface area (TPSA) is 80.9 Å². The molecule has 8 heteroatoms. The molecular weight excluding hydrogens is 324 g/mol. The van der Waals surface area contributed by atoms with Gasteiger partial charge in [-0.05, 0) is 12.1 Å². The summed E-state index contributed by atoms with van der Waals surface area (Å²) >= 11 is 0. The van der Waals surface area contributed by atoms with Crippen LogP contribution in [-0.2, 0) is 4.74 Å². The maximum atomic E-state index is 12.3. The maximum absolute atomic E-state index is 12.3. The van der Waals surface area contributed by atoms with Crippen LogP contribution in [0.25, 0.3) is 0 Å². The van der Waals surface area contributed by atoms with Crippen molar-refractivity contribution in [3.63, 3.8) is 0 Å². The normalized spacial score (nSPS) is 20.7. The van der Waals surface area contributed by atoms with Gasteiger partial charge >= 0.3 is 0 Å². The first-order valence-electron chi connectivity index (χ1n) is 8.44. The lowest BCUT2D eigenvalue weighted by Crippen LogP contribution is -2.36. The summed E-state index contributed by atoms with van der Waals surface area (Å²) in [6.45, 7) is 4.19. The average Bonchev–Trinajstić information content (AvgIpc) is 3.34. The van der Waals surface area contributed by atoms with Crippen molar-refractivity contribution in [3.05, 3.63) is 36.5 Å². The average molecular weight is 344 g/mol. The van der Waals surface area contributed by atoms with Crippen LogP contribution in [0.1, 0.15) is 17.0 Å². The number of furan rings is 1. The van der Waals surface area contributed by atoms with Crippen molar-refractivity contribution < 1.29 is 18.7 Å². The number of morpholine rings is 1. The van der Waals surface area contributed by atoms with Gasteiger partial charge in [-0.15, -0.1) is 0 Å². The highest BCUT2D eigenvalue weighted by molar-refractivity contribution is 5.91. The highest BCUT2D eigenvalue weighted by Gasteiger charge is 2.29. The third-order valence-corrected chi connectivity index (χ3v) is 4.41. The molecule has 2 aromatic rings. The molecule has 0 N–H and O–H groups in total. The largest absolute Gasteiger partial charge is 0.472 e. The first-order valence-corrected chi connectivity index (χ1v) is 8.44. The Morgan fingerprint density at radius 3 is 2.92 bits per heavy atom. The molecule has 2 saturated heterocycles. The Morgan fingerprint density at radius 1 is 1.24 bits per heavy atom. The summed E-state index contributed by atoms with van der Waals surface area (Å²) in [7, 11) is 0. The van der Waals surface area contributed by atoms with Gasteiger partial charge in [0, 0.05) is 32.1 Å². The van der Waals surface area contributed by atoms with E-state index in [4.69, 9.17) is 13.9 Å². The number of ether oxygens (including phenoxy) is 2. The van der Waals surface area contributed by atoms with E-state index >= 15 is 0 Å². The summed E-state index contributed by atoms with van der Waals surface area (Å²) in [4.78, 5) is 24.7. The first-order chi connectivity index (χ1) is 12.3. The van der Waals surface area contributed by atoms with Gasteiger partial charge in [0.2, 0.25) is 5.88 Å². The number of carbonyl (C=O) groups excluding carboxylic acids is 1. The predicted octanol–water partition coefficient (Wildman–Crippen LogP) is 1.20. The first kappa shape index (κ1) is 15.9. The van der Waals surface area contributed by atoms with Crippen LogP contribution < -0.4 is 9.64 Å². The van der Waals surface area contributed by atoms with E-state index in [9.17, 15) is 4.79 Å². The Bertz CT molecular complexity index is 715. The molecule has 4 rings (SSSR count). The SMILES string of the molecule is O=C(c1ccco1)N1CCC(Oc2cc(N3CCOCC3)ncn2)C1. The predicted molar refractivity (Wildman–Crippen MR) is 88.7 cm³/mol. The van der Waals surface area contributed by atoms with Crippen LogP contribution in [0.5, 0.6) is 5.88 Å². The summed E-state index contributed by atoms with van der Waals surface area (Å²) in [6, 6.07) is 5.24. The third kappa shape index (κ3) is 3.58. The second-order valence-corrected chi connectivity index (χ2v) is 6.07. The highest BCUT2D eigenvalue weighted by Crippen LogP contribution is 2.21. The third-order valence-electron chi connectivity index (χ3n) is 4.41. The Labute approximate surface area is 145 Å². The smallest absolute Gasteiger partial charge is 0.289 e. The number of aromatic nitrogens is 2. The Morgan fingerprint density at radius 2 is 2.12 bits per heavy atom. The molecule has 1 unspecified atom stereocenters. The van der Waals surface area contributed by atoms with Crippen molar-refractivity contribution in [2.45, 2.75) is 12.5 Å². The van der Waals surface area contributed by atoms with Gasteiger partial charge in [-0.3, -0.25) is 4.79 Å². The fraction of sp³-hybridized carbons (Fsp3) is 0.471. The Balaban J connectivity index is 1.37. The van der Waals surface area contributed by atoms with E-state index < -0.39 is 0 Å². The van der Waals surface area contributed by atoms with E-state index in [1.54, 1.807) is 17.0 Å². The molecular formula is C17H20N4O4. The monoisotopic (exact) mass is 344 g/mol. The van der Waals surface area contributed by atoms with Crippen LogP contribution in [0.4, 0.5) is 5.82 Å². The second kappa shape index (κ2) is 7.10. The van der Waals surface area contributed by atoms with E-state index in [1.807, 2.05) is 6.07 Å². The number of nitrogens with zero attached hydrogens (tertiary/aromatic N) is 4. The molecule has 1 amide bonds. The molecule has 8 nitrogen and oxygen atoms in total. The Hall–Kier alpha value is -2.61. The van der Waals surface area contributed by atoms with Crippen LogP contribution in [0, 0.1) is 0 Å². The lowest BCUT2D eigenvalue weighted by Gasteiger charge is -2.27. The van der Waals surface area contributed by atoms with Crippen molar-refractivity contribution in [3.8, 4) is 5.88 Å². The molecule has 0 aromatic carbocycles. The molecule has 2 aromatic heterocycles. The minimum Gasteiger partial charge on any atom is -0.472 e. The highest BCUT2D eigenvalue weighted by atomic mass is 16.5. The number of hydrogen-bond donors (Lipinski definition) is 0. The molecule has 1 atom stereocenters. The molecule has 0 aliphatic carbocycles. The molecule has 0 radical (unpaired) electrons. The molecule has 25 heavy (non-hydrogen) atoms. The van der Waals surface area contributed by atoms with Gasteiger partial charge in [-0.1, -0.05) is 0 Å². The van der Waals surface area contributed by atoms with E-state index in [0.29, 0.717) is 37.9 Å². The molecule has 2 aliphatic heterocycles. The fourth-order valence-corrected chi connectivity index (χ4v) is 3.10. The van der Waals surface area contributed by atoms with E-state index in [-0.39, 0.29) is 12.0 Å². The molecule has 0 saturated carbocycles. The molecule has 2 aliphatic rings. The number of hydrogen-bond acceptors (Lipinski definition) is 7. The molecule has 4 heterocycles. The quantitative estimate of drug-likeness (QED) is 0.824. The van der Waals surface area contributed by atoms with Crippen LogP contribution in [0.3, 0.4) is 0 Å². The summed E-state index contributed by atoms with van der Waals surface area (Å²) < 4.78 is 16.5. The van der Waals surface area contributed by atoms with Gasteiger partial charge in [-0.2, -0.15) is 0 Å². The van der Waals surface area contributed by atoms with Gasteiger partial charge in [0.25, 0.3) is 5.91 Å². The van der Waals surface area contributed by atoms with E-state index in [2.05, 4.69) is 14.9 Å². The van der Waals surface area contributed by atoms with Crippen molar-refractivity contribution >= 4 is 11.7 Å². The van der Waals surface area contributed by atoms with Gasteiger partial charge < -0.3 is 23.7 Å². The minimum absolute atomic E-state index is 0.0775. The minimum atomic E-state index is -0.104. The summed E-state index contributed by atoms with van der Waals surface area (Å²) in [6.07, 6.45) is 3.71. The fourth-order valence-electron chi connectivity index (χ4n) is 3.10. The van der Waals surface area contributed by atoms with Crippen molar-refractivity contribution in [1.82, 2.24) is 14.9 Å². The zero-order valence-electron chi connectivity index (χ0n) is 13.8. The van der Waals surface area contributed by atoms with E-state index in [1.165, 1.54) is 12.6 Å². The number of likely N-dealkylation sites (tertiary alicyclic amines) is 1. The Kier molecular flexibility index (Phi) is 4.51. The van der Waals surface area contributed by atoms with Crippen LogP contribution in [0.15, 0.2) is 35.2 Å². The summed E-state index contributed by atoms with van der Waals surface area (Å²) in [5.74, 6) is 1.63. The van der Waals surface area contributed by atoms with Crippen molar-refractivity contribution in [2.24, 2.45) is 0 Å². The number of rotatable bonds is 4. The molecule has 2 fully saturated rings. The second-order valence-electron chi connectivity index (χ2n) is 6.07. The van der Waals surface area contributed by atoms with Gasteiger partial charge in [-0.25, -0.2) is 9.97 Å². The van der Waals surface area contributed by atoms with Gasteiger partial charge in [0.1, 0.15) is 18.2 Å². The van der Waals surface area contributed by atoms with Gasteiger partial charge in [0.15, 0.2) is 5.76 Å². The summed E-state index contributed by atoms with van der Waals surface area (Å²) in [5, 5.41) is 0. The van der Waals surface area contributed by atoms with Gasteiger partial charge in [0.05, 0.1) is 26.0 Å². The lowest BCUT2D eigenvalue weighted by atomic mass is 10.3. The van der Waals surface area contributed by atoms with Crippen molar-refractivity contribution in [1.29, 1.82) is 0 Å². The number of anilines is 1. The standard InChI is InChI=1S/C17H20N4O4/c22-17(14-2-1-7-24-14)21-4-3-13(11-21)25-16-10-15(18-12-19-16)20-5-8-23-9-6-20/h1-2,7,10,12-13H,3-6,8-9,11H2. The van der Waals surface area contributed by atoms with Crippen LogP contribution >= 0.6 is 0 Å². The maximum Gasteiger partial charge on any atom is 0.289 e. The number of carbonyl (C=O) groups is 1. The molecule has 0 spiro atoms. The van der Waals surface area contributed by atoms with Crippen LogP contribution in [-0.4, -0.2) is 66.3 Å². The zero-order chi connectivity index (χ0) is 17.1. The zero-order valence-corrected chi connectivity index (χ0v) is 13.8.